The van der Waals surface area contributed by atoms with Crippen molar-refractivity contribution in [2.24, 2.45) is 5.92 Å². The number of amides is 1. The second kappa shape index (κ2) is 7.20. The van der Waals surface area contributed by atoms with E-state index in [1.54, 1.807) is 4.90 Å². The maximum absolute atomic E-state index is 11.6. The van der Waals surface area contributed by atoms with Crippen LogP contribution < -0.4 is 5.32 Å². The van der Waals surface area contributed by atoms with Crippen molar-refractivity contribution >= 4 is 12.1 Å². The van der Waals surface area contributed by atoms with E-state index in [0.29, 0.717) is 19.5 Å². The molecule has 2 unspecified atom stereocenters. The van der Waals surface area contributed by atoms with Crippen LogP contribution in [-0.2, 0) is 14.3 Å². The first-order valence-corrected chi connectivity index (χ1v) is 6.26. The van der Waals surface area contributed by atoms with Crippen LogP contribution in [0.1, 0.15) is 19.8 Å². The average molecular weight is 258 g/mol. The number of hydrogen-bond acceptors (Lipinski definition) is 5. The molecular weight excluding hydrogens is 236 g/mol. The molecule has 0 saturated carbocycles. The smallest absolute Gasteiger partial charge is 0.409 e. The first kappa shape index (κ1) is 14.8. The predicted octanol–water partition coefficient (Wildman–Crippen LogP) is 0.616. The minimum absolute atomic E-state index is 0.113. The van der Waals surface area contributed by atoms with Gasteiger partial charge in [0.25, 0.3) is 0 Å². The fourth-order valence-electron chi connectivity index (χ4n) is 2.21. The molecule has 0 spiro atoms. The van der Waals surface area contributed by atoms with Crippen molar-refractivity contribution in [1.29, 1.82) is 0 Å². The highest BCUT2D eigenvalue weighted by Gasteiger charge is 2.34. The van der Waals surface area contributed by atoms with Gasteiger partial charge in [-0.2, -0.15) is 0 Å². The molecule has 1 fully saturated rings. The van der Waals surface area contributed by atoms with Gasteiger partial charge in [-0.1, -0.05) is 6.92 Å². The Hall–Kier alpha value is -1.30. The van der Waals surface area contributed by atoms with Crippen LogP contribution in [0.5, 0.6) is 0 Å². The summed E-state index contributed by atoms with van der Waals surface area (Å²) < 4.78 is 9.47. The number of carbonyl (C=O) groups is 2. The first-order chi connectivity index (χ1) is 8.62. The van der Waals surface area contributed by atoms with E-state index < -0.39 is 6.09 Å². The SMILES string of the molecule is CCCNC1CC(C(=O)OC)CN(C(=O)OC)C1. The molecule has 1 amide bonds. The molecule has 6 nitrogen and oxygen atoms in total. The number of likely N-dealkylation sites (tertiary alicyclic amines) is 1. The van der Waals surface area contributed by atoms with Crippen molar-refractivity contribution in [3.63, 3.8) is 0 Å². The molecule has 1 aliphatic heterocycles. The molecule has 0 aromatic carbocycles. The van der Waals surface area contributed by atoms with E-state index in [2.05, 4.69) is 12.2 Å². The number of rotatable bonds is 4. The lowest BCUT2D eigenvalue weighted by atomic mass is 9.94. The van der Waals surface area contributed by atoms with E-state index in [-0.39, 0.29) is 17.9 Å². The van der Waals surface area contributed by atoms with Gasteiger partial charge in [0.1, 0.15) is 0 Å². The van der Waals surface area contributed by atoms with Crippen molar-refractivity contribution in [3.8, 4) is 0 Å². The lowest BCUT2D eigenvalue weighted by Gasteiger charge is -2.36. The van der Waals surface area contributed by atoms with Crippen molar-refractivity contribution in [2.45, 2.75) is 25.8 Å². The molecule has 0 radical (unpaired) electrons. The fourth-order valence-corrected chi connectivity index (χ4v) is 2.21. The molecule has 0 aliphatic carbocycles. The molecule has 0 bridgehead atoms. The maximum Gasteiger partial charge on any atom is 0.409 e. The lowest BCUT2D eigenvalue weighted by molar-refractivity contribution is -0.147. The molecular formula is C12H22N2O4. The number of nitrogens with one attached hydrogen (secondary N) is 1. The Labute approximate surface area is 108 Å². The monoisotopic (exact) mass is 258 g/mol. The van der Waals surface area contributed by atoms with E-state index in [1.165, 1.54) is 14.2 Å². The topological polar surface area (TPSA) is 67.9 Å². The van der Waals surface area contributed by atoms with E-state index in [1.807, 2.05) is 0 Å². The number of methoxy groups -OCH3 is 2. The van der Waals surface area contributed by atoms with Crippen molar-refractivity contribution in [3.05, 3.63) is 0 Å². The summed E-state index contributed by atoms with van der Waals surface area (Å²) in [5.74, 6) is -0.552. The summed E-state index contributed by atoms with van der Waals surface area (Å²) in [5, 5.41) is 3.33. The predicted molar refractivity (Wildman–Crippen MR) is 66.2 cm³/mol. The third-order valence-corrected chi connectivity index (χ3v) is 3.10. The summed E-state index contributed by atoms with van der Waals surface area (Å²) in [4.78, 5) is 24.7. The Morgan fingerprint density at radius 3 is 2.56 bits per heavy atom. The number of ether oxygens (including phenoxy) is 2. The number of piperidine rings is 1. The minimum Gasteiger partial charge on any atom is -0.469 e. The summed E-state index contributed by atoms with van der Waals surface area (Å²) in [6.45, 7) is 3.88. The molecule has 104 valence electrons. The highest BCUT2D eigenvalue weighted by Crippen LogP contribution is 2.19. The van der Waals surface area contributed by atoms with Crippen LogP contribution in [-0.4, -0.2) is 56.9 Å². The van der Waals surface area contributed by atoms with Gasteiger partial charge in [-0.05, 0) is 19.4 Å². The van der Waals surface area contributed by atoms with E-state index >= 15 is 0 Å². The molecule has 1 saturated heterocycles. The second-order valence-corrected chi connectivity index (χ2v) is 4.48. The standard InChI is InChI=1S/C12H22N2O4/c1-4-5-13-10-6-9(11(15)17-2)7-14(8-10)12(16)18-3/h9-10,13H,4-8H2,1-3H3. The molecule has 2 atom stereocenters. The maximum atomic E-state index is 11.6. The molecule has 0 aromatic heterocycles. The van der Waals surface area contributed by atoms with Gasteiger partial charge in [-0.3, -0.25) is 4.79 Å². The Morgan fingerprint density at radius 2 is 2.00 bits per heavy atom. The molecule has 1 aliphatic rings. The van der Waals surface area contributed by atoms with Crippen molar-refractivity contribution < 1.29 is 19.1 Å². The first-order valence-electron chi connectivity index (χ1n) is 6.26. The van der Waals surface area contributed by atoms with Gasteiger partial charge in [0.05, 0.1) is 20.1 Å². The van der Waals surface area contributed by atoms with Crippen LogP contribution in [0.2, 0.25) is 0 Å². The van der Waals surface area contributed by atoms with Gasteiger partial charge in [-0.15, -0.1) is 0 Å². The lowest BCUT2D eigenvalue weighted by Crippen LogP contribution is -2.53. The van der Waals surface area contributed by atoms with Gasteiger partial charge in [-0.25, -0.2) is 4.79 Å². The highest BCUT2D eigenvalue weighted by molar-refractivity contribution is 5.74. The van der Waals surface area contributed by atoms with Crippen LogP contribution in [0.4, 0.5) is 4.79 Å². The van der Waals surface area contributed by atoms with Gasteiger partial charge in [0.15, 0.2) is 0 Å². The molecule has 18 heavy (non-hydrogen) atoms. The Kier molecular flexibility index (Phi) is 5.91. The van der Waals surface area contributed by atoms with Crippen molar-refractivity contribution in [1.82, 2.24) is 10.2 Å². The zero-order chi connectivity index (χ0) is 13.5. The van der Waals surface area contributed by atoms with Crippen LogP contribution in [0.15, 0.2) is 0 Å². The minimum atomic E-state index is -0.396. The number of nitrogens with zero attached hydrogens (tertiary/aromatic N) is 1. The summed E-state index contributed by atoms with van der Waals surface area (Å²) in [5.41, 5.74) is 0. The van der Waals surface area contributed by atoms with E-state index in [9.17, 15) is 9.59 Å². The van der Waals surface area contributed by atoms with E-state index in [0.717, 1.165) is 13.0 Å². The van der Waals surface area contributed by atoms with Crippen LogP contribution >= 0.6 is 0 Å². The average Bonchev–Trinajstić information content (AvgIpc) is 2.42. The molecule has 1 N–H and O–H groups in total. The Morgan fingerprint density at radius 1 is 1.28 bits per heavy atom. The number of esters is 1. The van der Waals surface area contributed by atoms with Crippen molar-refractivity contribution in [2.75, 3.05) is 33.9 Å². The van der Waals surface area contributed by atoms with Gasteiger partial charge in [0, 0.05) is 19.1 Å². The highest BCUT2D eigenvalue weighted by atomic mass is 16.5. The zero-order valence-corrected chi connectivity index (χ0v) is 11.3. The molecule has 6 heteroatoms. The van der Waals surface area contributed by atoms with Crippen LogP contribution in [0.3, 0.4) is 0 Å². The zero-order valence-electron chi connectivity index (χ0n) is 11.3. The molecule has 1 rings (SSSR count). The summed E-state index contributed by atoms with van der Waals surface area (Å²) in [6, 6.07) is 0.113. The van der Waals surface area contributed by atoms with E-state index in [4.69, 9.17) is 9.47 Å². The van der Waals surface area contributed by atoms with Crippen LogP contribution in [0, 0.1) is 5.92 Å². The third kappa shape index (κ3) is 3.87. The second-order valence-electron chi connectivity index (χ2n) is 4.48. The van der Waals surface area contributed by atoms with Gasteiger partial charge >= 0.3 is 12.1 Å². The molecule has 0 aromatic rings. The van der Waals surface area contributed by atoms with Gasteiger partial charge in [0.2, 0.25) is 0 Å². The fraction of sp³-hybridized carbons (Fsp3) is 0.833. The largest absolute Gasteiger partial charge is 0.469 e. The molecule has 1 heterocycles. The van der Waals surface area contributed by atoms with Crippen LogP contribution in [0.25, 0.3) is 0 Å². The van der Waals surface area contributed by atoms with Gasteiger partial charge < -0.3 is 19.7 Å². The Bertz CT molecular complexity index is 272. The third-order valence-electron chi connectivity index (χ3n) is 3.10. The number of hydrogen-bond donors (Lipinski definition) is 1. The summed E-state index contributed by atoms with van der Waals surface area (Å²) in [7, 11) is 2.71. The Balaban J connectivity index is 2.65. The number of carbonyl (C=O) groups excluding carboxylic acids is 2. The summed E-state index contributed by atoms with van der Waals surface area (Å²) in [6.07, 6.45) is 1.31. The quantitative estimate of drug-likeness (QED) is 0.749. The normalized spacial score (nSPS) is 23.6. The summed E-state index contributed by atoms with van der Waals surface area (Å²) >= 11 is 0.